The van der Waals surface area contributed by atoms with Gasteiger partial charge in [0.1, 0.15) is 11.6 Å². The summed E-state index contributed by atoms with van der Waals surface area (Å²) in [5, 5.41) is 0. The second-order valence-electron chi connectivity index (χ2n) is 5.29. The second kappa shape index (κ2) is 5.51. The summed E-state index contributed by atoms with van der Waals surface area (Å²) in [6.07, 6.45) is 3.98. The molecule has 0 amide bonds. The van der Waals surface area contributed by atoms with Crippen molar-refractivity contribution in [2.75, 3.05) is 0 Å². The fourth-order valence-corrected chi connectivity index (χ4v) is 2.38. The molecule has 1 aromatic carbocycles. The van der Waals surface area contributed by atoms with Crippen LogP contribution in [0.5, 0.6) is 5.75 Å². The SMILES string of the molecule is Cc1cc(OC(=O)C2CCC(C)CC2)ccc1F. The van der Waals surface area contributed by atoms with Gasteiger partial charge < -0.3 is 4.74 Å². The predicted molar refractivity (Wildman–Crippen MR) is 67.9 cm³/mol. The highest BCUT2D eigenvalue weighted by Crippen LogP contribution is 2.29. The topological polar surface area (TPSA) is 26.3 Å². The molecular formula is C15H19FO2. The van der Waals surface area contributed by atoms with Crippen LogP contribution in [0, 0.1) is 24.6 Å². The summed E-state index contributed by atoms with van der Waals surface area (Å²) in [5.41, 5.74) is 0.498. The molecule has 1 aliphatic rings. The van der Waals surface area contributed by atoms with Crippen LogP contribution in [0.15, 0.2) is 18.2 Å². The first-order valence-corrected chi connectivity index (χ1v) is 6.54. The summed E-state index contributed by atoms with van der Waals surface area (Å²) in [6.45, 7) is 3.87. The fraction of sp³-hybridized carbons (Fsp3) is 0.533. The zero-order valence-electron chi connectivity index (χ0n) is 10.9. The molecule has 0 saturated heterocycles. The first kappa shape index (κ1) is 13.1. The third-order valence-corrected chi connectivity index (χ3v) is 3.70. The van der Waals surface area contributed by atoms with Gasteiger partial charge in [-0.1, -0.05) is 6.92 Å². The van der Waals surface area contributed by atoms with Gasteiger partial charge in [0.25, 0.3) is 0 Å². The summed E-state index contributed by atoms with van der Waals surface area (Å²) in [5.74, 6) is 0.709. The van der Waals surface area contributed by atoms with E-state index in [0.29, 0.717) is 17.2 Å². The lowest BCUT2D eigenvalue weighted by Crippen LogP contribution is -2.25. The fourth-order valence-electron chi connectivity index (χ4n) is 2.38. The number of benzene rings is 1. The molecule has 1 aromatic rings. The van der Waals surface area contributed by atoms with E-state index in [1.807, 2.05) is 0 Å². The van der Waals surface area contributed by atoms with Crippen LogP contribution < -0.4 is 4.74 Å². The lowest BCUT2D eigenvalue weighted by Gasteiger charge is -2.24. The molecule has 0 N–H and O–H groups in total. The van der Waals surface area contributed by atoms with E-state index in [1.54, 1.807) is 13.0 Å². The highest BCUT2D eigenvalue weighted by atomic mass is 19.1. The Labute approximate surface area is 107 Å². The van der Waals surface area contributed by atoms with Crippen molar-refractivity contribution in [3.8, 4) is 5.75 Å². The highest BCUT2D eigenvalue weighted by molar-refractivity contribution is 5.75. The van der Waals surface area contributed by atoms with Gasteiger partial charge in [-0.25, -0.2) is 4.39 Å². The van der Waals surface area contributed by atoms with E-state index in [4.69, 9.17) is 4.74 Å². The molecule has 0 spiro atoms. The zero-order chi connectivity index (χ0) is 13.1. The summed E-state index contributed by atoms with van der Waals surface area (Å²) in [7, 11) is 0. The number of rotatable bonds is 2. The molecule has 0 bridgehead atoms. The van der Waals surface area contributed by atoms with E-state index >= 15 is 0 Å². The second-order valence-corrected chi connectivity index (χ2v) is 5.29. The summed E-state index contributed by atoms with van der Waals surface area (Å²) < 4.78 is 18.4. The smallest absolute Gasteiger partial charge is 0.314 e. The first-order chi connectivity index (χ1) is 8.56. The van der Waals surface area contributed by atoms with Crippen molar-refractivity contribution in [3.63, 3.8) is 0 Å². The molecule has 0 heterocycles. The van der Waals surface area contributed by atoms with E-state index < -0.39 is 0 Å². The molecule has 2 rings (SSSR count). The van der Waals surface area contributed by atoms with Crippen LogP contribution >= 0.6 is 0 Å². The Bertz CT molecular complexity index is 434. The summed E-state index contributed by atoms with van der Waals surface area (Å²) in [6, 6.07) is 4.41. The van der Waals surface area contributed by atoms with E-state index in [1.165, 1.54) is 12.1 Å². The zero-order valence-corrected chi connectivity index (χ0v) is 10.9. The number of halogens is 1. The van der Waals surface area contributed by atoms with Crippen molar-refractivity contribution >= 4 is 5.97 Å². The third kappa shape index (κ3) is 3.09. The lowest BCUT2D eigenvalue weighted by atomic mass is 9.83. The van der Waals surface area contributed by atoms with Gasteiger partial charge in [-0.3, -0.25) is 4.79 Å². The Morgan fingerprint density at radius 1 is 1.28 bits per heavy atom. The Balaban J connectivity index is 1.96. The molecule has 1 aliphatic carbocycles. The number of carbonyl (C=O) groups is 1. The van der Waals surface area contributed by atoms with Gasteiger partial charge in [0.05, 0.1) is 5.92 Å². The third-order valence-electron chi connectivity index (χ3n) is 3.70. The normalized spacial score (nSPS) is 23.7. The Morgan fingerprint density at radius 3 is 2.56 bits per heavy atom. The summed E-state index contributed by atoms with van der Waals surface area (Å²) >= 11 is 0. The molecule has 18 heavy (non-hydrogen) atoms. The average Bonchev–Trinajstić information content (AvgIpc) is 2.34. The molecule has 0 aromatic heterocycles. The average molecular weight is 250 g/mol. The Kier molecular flexibility index (Phi) is 4.00. The largest absolute Gasteiger partial charge is 0.426 e. The van der Waals surface area contributed by atoms with Crippen LogP contribution in [0.2, 0.25) is 0 Å². The van der Waals surface area contributed by atoms with Gasteiger partial charge in [0, 0.05) is 0 Å². The van der Waals surface area contributed by atoms with E-state index in [-0.39, 0.29) is 17.7 Å². The van der Waals surface area contributed by atoms with Crippen molar-refractivity contribution in [1.29, 1.82) is 0 Å². The summed E-state index contributed by atoms with van der Waals surface area (Å²) in [4.78, 5) is 12.0. The highest BCUT2D eigenvalue weighted by Gasteiger charge is 2.25. The van der Waals surface area contributed by atoms with E-state index in [0.717, 1.165) is 25.7 Å². The molecule has 3 heteroatoms. The minimum absolute atomic E-state index is 0.00607. The van der Waals surface area contributed by atoms with Crippen LogP contribution in [0.4, 0.5) is 4.39 Å². The van der Waals surface area contributed by atoms with Crippen LogP contribution in [-0.2, 0) is 4.79 Å². The van der Waals surface area contributed by atoms with Crippen molar-refractivity contribution in [2.24, 2.45) is 11.8 Å². The van der Waals surface area contributed by atoms with Crippen molar-refractivity contribution < 1.29 is 13.9 Å². The quantitative estimate of drug-likeness (QED) is 0.588. The Hall–Kier alpha value is -1.38. The molecule has 1 saturated carbocycles. The van der Waals surface area contributed by atoms with Gasteiger partial charge >= 0.3 is 5.97 Å². The van der Waals surface area contributed by atoms with Gasteiger partial charge in [0.2, 0.25) is 0 Å². The Morgan fingerprint density at radius 2 is 1.94 bits per heavy atom. The maximum Gasteiger partial charge on any atom is 0.314 e. The molecule has 2 nitrogen and oxygen atoms in total. The lowest BCUT2D eigenvalue weighted by molar-refractivity contribution is -0.140. The van der Waals surface area contributed by atoms with Gasteiger partial charge in [-0.05, 0) is 62.3 Å². The van der Waals surface area contributed by atoms with Crippen LogP contribution in [-0.4, -0.2) is 5.97 Å². The number of aryl methyl sites for hydroxylation is 1. The minimum Gasteiger partial charge on any atom is -0.426 e. The van der Waals surface area contributed by atoms with Crippen molar-refractivity contribution in [3.05, 3.63) is 29.6 Å². The number of carbonyl (C=O) groups excluding carboxylic acids is 1. The number of esters is 1. The maximum atomic E-state index is 13.1. The molecule has 1 fully saturated rings. The van der Waals surface area contributed by atoms with Crippen molar-refractivity contribution in [1.82, 2.24) is 0 Å². The predicted octanol–water partition coefficient (Wildman–Crippen LogP) is 3.87. The molecule has 0 unspecified atom stereocenters. The monoisotopic (exact) mass is 250 g/mol. The maximum absolute atomic E-state index is 13.1. The van der Waals surface area contributed by atoms with Gasteiger partial charge in [-0.15, -0.1) is 0 Å². The molecule has 0 aliphatic heterocycles. The van der Waals surface area contributed by atoms with Crippen molar-refractivity contribution in [2.45, 2.75) is 39.5 Å². The van der Waals surface area contributed by atoms with E-state index in [9.17, 15) is 9.18 Å². The van der Waals surface area contributed by atoms with E-state index in [2.05, 4.69) is 6.92 Å². The van der Waals surface area contributed by atoms with Crippen LogP contribution in [0.1, 0.15) is 38.2 Å². The first-order valence-electron chi connectivity index (χ1n) is 6.54. The van der Waals surface area contributed by atoms with Crippen LogP contribution in [0.25, 0.3) is 0 Å². The van der Waals surface area contributed by atoms with Gasteiger partial charge in [-0.2, -0.15) is 0 Å². The molecular weight excluding hydrogens is 231 g/mol. The number of ether oxygens (including phenoxy) is 1. The molecule has 0 atom stereocenters. The minimum atomic E-state index is -0.277. The molecule has 98 valence electrons. The van der Waals surface area contributed by atoms with Crippen LogP contribution in [0.3, 0.4) is 0 Å². The standard InChI is InChI=1S/C15H19FO2/c1-10-3-5-12(6-4-10)15(17)18-13-7-8-14(16)11(2)9-13/h7-10,12H,3-6H2,1-2H3. The van der Waals surface area contributed by atoms with Gasteiger partial charge in [0.15, 0.2) is 0 Å². The number of hydrogen-bond acceptors (Lipinski definition) is 2. The number of hydrogen-bond donors (Lipinski definition) is 0. The molecule has 0 radical (unpaired) electrons.